The van der Waals surface area contributed by atoms with Crippen LogP contribution in [0.15, 0.2) is 54.6 Å². The summed E-state index contributed by atoms with van der Waals surface area (Å²) < 4.78 is 23.8. The van der Waals surface area contributed by atoms with Gasteiger partial charge in [0.1, 0.15) is 11.9 Å². The summed E-state index contributed by atoms with van der Waals surface area (Å²) >= 11 is 0. The van der Waals surface area contributed by atoms with Crippen LogP contribution in [0.25, 0.3) is 0 Å². The Morgan fingerprint density at radius 2 is 1.81 bits per heavy atom. The van der Waals surface area contributed by atoms with Gasteiger partial charge in [0.15, 0.2) is 11.5 Å². The number of aliphatic carboxylic acids is 1. The molecule has 0 unspecified atom stereocenters. The molecule has 0 bridgehead atoms. The Hall–Kier alpha value is -4.21. The minimum atomic E-state index is -1.58. The summed E-state index contributed by atoms with van der Waals surface area (Å²) in [6.07, 6.45) is 1.00. The van der Waals surface area contributed by atoms with Crippen molar-refractivity contribution in [3.8, 4) is 11.5 Å². The highest BCUT2D eigenvalue weighted by atomic mass is 19.1. The molecular weight excluding hydrogens is 423 g/mol. The van der Waals surface area contributed by atoms with Crippen LogP contribution >= 0.6 is 0 Å². The topological polar surface area (TPSA) is 116 Å². The summed E-state index contributed by atoms with van der Waals surface area (Å²) in [5, 5.41) is 10.8. The van der Waals surface area contributed by atoms with Crippen LogP contribution in [-0.2, 0) is 25.7 Å². The maximum absolute atomic E-state index is 13.2. The molecule has 9 nitrogen and oxygen atoms in total. The number of ether oxygens (including phenoxy) is 2. The van der Waals surface area contributed by atoms with Gasteiger partial charge in [0, 0.05) is 12.6 Å². The van der Waals surface area contributed by atoms with Crippen molar-refractivity contribution in [3.63, 3.8) is 0 Å². The molecular formula is C22H16FN2O7-. The molecule has 164 valence electrons. The number of carbonyl (C=O) groups excluding carboxylic acids is 4. The van der Waals surface area contributed by atoms with Crippen LogP contribution in [0.1, 0.15) is 12.0 Å². The summed E-state index contributed by atoms with van der Waals surface area (Å²) in [6.45, 7) is -0.0498. The molecule has 0 N–H and O–H groups in total. The first kappa shape index (κ1) is 21.0. The molecule has 2 heterocycles. The second kappa shape index (κ2) is 8.50. The fourth-order valence-corrected chi connectivity index (χ4v) is 3.53. The van der Waals surface area contributed by atoms with Crippen molar-refractivity contribution in [2.75, 3.05) is 11.7 Å². The summed E-state index contributed by atoms with van der Waals surface area (Å²) in [7, 11) is 0. The molecule has 0 spiro atoms. The van der Waals surface area contributed by atoms with Crippen LogP contribution < -0.4 is 19.5 Å². The second-order valence-electron chi connectivity index (χ2n) is 7.07. The Morgan fingerprint density at radius 1 is 1.09 bits per heavy atom. The van der Waals surface area contributed by atoms with Gasteiger partial charge in [0.25, 0.3) is 5.91 Å². The van der Waals surface area contributed by atoms with Gasteiger partial charge in [-0.3, -0.25) is 14.4 Å². The Balaban J connectivity index is 1.64. The number of fused-ring (bicyclic) bond motifs is 1. The maximum Gasteiger partial charge on any atom is 0.257 e. The molecule has 4 rings (SSSR count). The van der Waals surface area contributed by atoms with Gasteiger partial charge in [-0.15, -0.1) is 0 Å². The predicted molar refractivity (Wildman–Crippen MR) is 105 cm³/mol. The first-order valence-electron chi connectivity index (χ1n) is 9.54. The van der Waals surface area contributed by atoms with Gasteiger partial charge in [0.2, 0.25) is 18.6 Å². The number of anilines is 1. The standard InChI is InChI=1S/C22H17FN2O7/c23-14-2-4-15(5-3-14)25-20(27)10-16(22(25)30)24(19(26)7-8-21(28)29)11-13-1-6-17-18(9-13)32-12-31-17/h1-9,16H,10-12H2,(H,28,29)/p-1/t16-/m1/s1. The van der Waals surface area contributed by atoms with E-state index in [1.165, 1.54) is 12.1 Å². The number of nitrogens with zero attached hydrogens (tertiary/aromatic N) is 2. The fraction of sp³-hybridized carbons (Fsp3) is 0.182. The molecule has 0 aromatic heterocycles. The lowest BCUT2D eigenvalue weighted by Gasteiger charge is -2.27. The van der Waals surface area contributed by atoms with E-state index in [-0.39, 0.29) is 25.4 Å². The molecule has 1 saturated heterocycles. The summed E-state index contributed by atoms with van der Waals surface area (Å²) in [5.41, 5.74) is 0.745. The number of amides is 3. The first-order chi connectivity index (χ1) is 15.3. The molecule has 3 amide bonds. The zero-order valence-electron chi connectivity index (χ0n) is 16.5. The summed E-state index contributed by atoms with van der Waals surface area (Å²) in [6, 6.07) is 8.55. The molecule has 2 aromatic rings. The molecule has 0 aliphatic carbocycles. The molecule has 0 radical (unpaired) electrons. The number of hydrogen-bond acceptors (Lipinski definition) is 7. The average molecular weight is 439 g/mol. The Kier molecular flexibility index (Phi) is 5.59. The van der Waals surface area contributed by atoms with Crippen molar-refractivity contribution in [1.82, 2.24) is 4.90 Å². The number of rotatable bonds is 6. The van der Waals surface area contributed by atoms with E-state index >= 15 is 0 Å². The van der Waals surface area contributed by atoms with Crippen LogP contribution in [0.3, 0.4) is 0 Å². The highest BCUT2D eigenvalue weighted by Crippen LogP contribution is 2.34. The molecule has 10 heteroatoms. The number of imide groups is 1. The molecule has 1 atom stereocenters. The number of halogens is 1. The lowest BCUT2D eigenvalue weighted by atomic mass is 10.1. The fourth-order valence-electron chi connectivity index (χ4n) is 3.53. The smallest absolute Gasteiger partial charge is 0.257 e. The molecule has 1 fully saturated rings. The van der Waals surface area contributed by atoms with Crippen molar-refractivity contribution in [1.29, 1.82) is 0 Å². The lowest BCUT2D eigenvalue weighted by molar-refractivity contribution is -0.297. The van der Waals surface area contributed by atoms with Crippen LogP contribution in [-0.4, -0.2) is 41.4 Å². The Bertz CT molecular complexity index is 1130. The minimum absolute atomic E-state index is 0.0536. The van der Waals surface area contributed by atoms with E-state index in [0.29, 0.717) is 23.1 Å². The molecule has 0 saturated carbocycles. The molecule has 2 aromatic carbocycles. The van der Waals surface area contributed by atoms with E-state index in [2.05, 4.69) is 0 Å². The average Bonchev–Trinajstić information content (AvgIpc) is 3.34. The van der Waals surface area contributed by atoms with E-state index in [1.807, 2.05) is 0 Å². The van der Waals surface area contributed by atoms with Gasteiger partial charge in [-0.25, -0.2) is 9.29 Å². The van der Waals surface area contributed by atoms with E-state index < -0.39 is 35.5 Å². The number of carbonyl (C=O) groups is 4. The van der Waals surface area contributed by atoms with Crippen LogP contribution in [0.2, 0.25) is 0 Å². The van der Waals surface area contributed by atoms with Gasteiger partial charge < -0.3 is 24.3 Å². The van der Waals surface area contributed by atoms with E-state index in [9.17, 15) is 28.7 Å². The zero-order valence-corrected chi connectivity index (χ0v) is 16.5. The Labute approximate surface area is 181 Å². The number of carboxylic acid groups (broad SMARTS) is 1. The highest BCUT2D eigenvalue weighted by Gasteiger charge is 2.44. The van der Waals surface area contributed by atoms with Crippen molar-refractivity contribution in [2.45, 2.75) is 19.0 Å². The number of carboxylic acids is 1. The van der Waals surface area contributed by atoms with Gasteiger partial charge in [-0.2, -0.15) is 0 Å². The molecule has 2 aliphatic rings. The summed E-state index contributed by atoms with van der Waals surface area (Å²) in [4.78, 5) is 51.2. The van der Waals surface area contributed by atoms with Crippen LogP contribution in [0.5, 0.6) is 11.5 Å². The van der Waals surface area contributed by atoms with Crippen molar-refractivity contribution < 1.29 is 38.1 Å². The van der Waals surface area contributed by atoms with Crippen LogP contribution in [0, 0.1) is 5.82 Å². The van der Waals surface area contributed by atoms with E-state index in [0.717, 1.165) is 28.0 Å². The monoisotopic (exact) mass is 439 g/mol. The van der Waals surface area contributed by atoms with Gasteiger partial charge in [-0.05, 0) is 48.0 Å². The predicted octanol–water partition coefficient (Wildman–Crippen LogP) is 0.521. The quantitative estimate of drug-likeness (QED) is 0.476. The third-order valence-electron chi connectivity index (χ3n) is 5.02. The summed E-state index contributed by atoms with van der Waals surface area (Å²) in [5.74, 6) is -3.17. The van der Waals surface area contributed by atoms with E-state index in [1.54, 1.807) is 18.2 Å². The Morgan fingerprint density at radius 3 is 2.53 bits per heavy atom. The van der Waals surface area contributed by atoms with E-state index in [4.69, 9.17) is 9.47 Å². The first-order valence-corrected chi connectivity index (χ1v) is 9.54. The SMILES string of the molecule is O=C([O-])C=CC(=O)N(Cc1ccc2c(c1)OCO2)[C@@H]1CC(=O)N(c2ccc(F)cc2)C1=O. The van der Waals surface area contributed by atoms with Crippen LogP contribution in [0.4, 0.5) is 10.1 Å². The third kappa shape index (κ3) is 4.15. The maximum atomic E-state index is 13.2. The van der Waals surface area contributed by atoms with Crippen molar-refractivity contribution >= 4 is 29.4 Å². The normalized spacial score (nSPS) is 17.3. The number of benzene rings is 2. The van der Waals surface area contributed by atoms with Gasteiger partial charge in [-0.1, -0.05) is 6.07 Å². The molecule has 32 heavy (non-hydrogen) atoms. The third-order valence-corrected chi connectivity index (χ3v) is 5.02. The highest BCUT2D eigenvalue weighted by molar-refractivity contribution is 6.23. The largest absolute Gasteiger partial charge is 0.545 e. The van der Waals surface area contributed by atoms with Crippen molar-refractivity contribution in [2.24, 2.45) is 0 Å². The minimum Gasteiger partial charge on any atom is -0.545 e. The zero-order chi connectivity index (χ0) is 22.8. The second-order valence-corrected chi connectivity index (χ2v) is 7.07. The lowest BCUT2D eigenvalue weighted by Crippen LogP contribution is -2.44. The van der Waals surface area contributed by atoms with Gasteiger partial charge >= 0.3 is 0 Å². The van der Waals surface area contributed by atoms with Gasteiger partial charge in [0.05, 0.1) is 18.1 Å². The van der Waals surface area contributed by atoms with Crippen molar-refractivity contribution in [3.05, 3.63) is 66.0 Å². The number of hydrogen-bond donors (Lipinski definition) is 0. The molecule has 2 aliphatic heterocycles.